The van der Waals surface area contributed by atoms with Gasteiger partial charge in [0.15, 0.2) is 0 Å². The van der Waals surface area contributed by atoms with Crippen LogP contribution in [0.15, 0.2) is 5.16 Å². The fraction of sp³-hybridized carbons (Fsp3) is 0.917. The summed E-state index contributed by atoms with van der Waals surface area (Å²) in [5.41, 5.74) is 5.42. The third-order valence-corrected chi connectivity index (χ3v) is 2.87. The Morgan fingerprint density at radius 1 is 1.28 bits per heavy atom. The number of oxime groups is 1. The van der Waals surface area contributed by atoms with E-state index in [1.807, 2.05) is 0 Å². The zero-order valence-electron chi connectivity index (χ0n) is 11.8. The SMILES string of the molecule is COCCN(CCCC/C(N)=N/O)C(C)COC. The Morgan fingerprint density at radius 2 is 2.00 bits per heavy atom. The van der Waals surface area contributed by atoms with Crippen LogP contribution in [0.25, 0.3) is 0 Å². The lowest BCUT2D eigenvalue weighted by atomic mass is 10.2. The van der Waals surface area contributed by atoms with Crippen molar-refractivity contribution in [1.82, 2.24) is 4.90 Å². The molecule has 1 unspecified atom stereocenters. The first-order chi connectivity index (χ1) is 8.65. The molecule has 0 aliphatic heterocycles. The van der Waals surface area contributed by atoms with E-state index in [4.69, 9.17) is 20.4 Å². The standard InChI is InChI=1S/C12H27N3O3/c1-11(10-18-3)15(8-9-17-2)7-5-4-6-12(13)14-16/h11,16H,4-10H2,1-3H3,(H2,13,14). The van der Waals surface area contributed by atoms with E-state index >= 15 is 0 Å². The van der Waals surface area contributed by atoms with Crippen LogP contribution in [-0.2, 0) is 9.47 Å². The minimum absolute atomic E-state index is 0.295. The largest absolute Gasteiger partial charge is 0.409 e. The van der Waals surface area contributed by atoms with E-state index in [9.17, 15) is 0 Å². The first kappa shape index (κ1) is 17.2. The smallest absolute Gasteiger partial charge is 0.139 e. The maximum atomic E-state index is 8.44. The summed E-state index contributed by atoms with van der Waals surface area (Å²) in [6.07, 6.45) is 2.56. The van der Waals surface area contributed by atoms with Gasteiger partial charge >= 0.3 is 0 Å². The molecule has 3 N–H and O–H groups in total. The Kier molecular flexibility index (Phi) is 10.7. The molecule has 0 spiro atoms. The van der Waals surface area contributed by atoms with Crippen molar-refractivity contribution in [3.8, 4) is 0 Å². The van der Waals surface area contributed by atoms with Crippen molar-refractivity contribution in [2.45, 2.75) is 32.2 Å². The van der Waals surface area contributed by atoms with Crippen LogP contribution >= 0.6 is 0 Å². The second-order valence-electron chi connectivity index (χ2n) is 4.38. The van der Waals surface area contributed by atoms with E-state index in [1.165, 1.54) is 0 Å². The van der Waals surface area contributed by atoms with Gasteiger partial charge < -0.3 is 20.4 Å². The van der Waals surface area contributed by atoms with Gasteiger partial charge in [-0.2, -0.15) is 0 Å². The van der Waals surface area contributed by atoms with Crippen molar-refractivity contribution in [2.75, 3.05) is 40.5 Å². The Balaban J connectivity index is 3.92. The predicted octanol–water partition coefficient (Wildman–Crippen LogP) is 0.886. The molecule has 1 atom stereocenters. The lowest BCUT2D eigenvalue weighted by Gasteiger charge is -2.28. The molecule has 0 radical (unpaired) electrons. The molecular weight excluding hydrogens is 234 g/mol. The second-order valence-corrected chi connectivity index (χ2v) is 4.38. The molecule has 6 heteroatoms. The Morgan fingerprint density at radius 3 is 2.56 bits per heavy atom. The molecule has 0 bridgehead atoms. The third kappa shape index (κ3) is 8.27. The highest BCUT2D eigenvalue weighted by molar-refractivity contribution is 5.79. The van der Waals surface area contributed by atoms with Crippen molar-refractivity contribution in [3.63, 3.8) is 0 Å². The van der Waals surface area contributed by atoms with E-state index in [0.717, 1.165) is 25.9 Å². The summed E-state index contributed by atoms with van der Waals surface area (Å²) < 4.78 is 10.3. The molecule has 0 aromatic rings. The van der Waals surface area contributed by atoms with Crippen LogP contribution in [0, 0.1) is 0 Å². The number of unbranched alkanes of at least 4 members (excludes halogenated alkanes) is 1. The number of amidine groups is 1. The Hall–Kier alpha value is -0.850. The van der Waals surface area contributed by atoms with Crippen molar-refractivity contribution in [2.24, 2.45) is 10.9 Å². The van der Waals surface area contributed by atoms with Gasteiger partial charge in [0.2, 0.25) is 0 Å². The number of hydrogen-bond acceptors (Lipinski definition) is 5. The van der Waals surface area contributed by atoms with Crippen LogP contribution < -0.4 is 5.73 Å². The summed E-state index contributed by atoms with van der Waals surface area (Å²) in [5, 5.41) is 11.4. The fourth-order valence-electron chi connectivity index (χ4n) is 1.78. The monoisotopic (exact) mass is 261 g/mol. The minimum Gasteiger partial charge on any atom is -0.409 e. The quantitative estimate of drug-likeness (QED) is 0.190. The predicted molar refractivity (Wildman–Crippen MR) is 72.0 cm³/mol. The Bertz CT molecular complexity index is 225. The number of nitrogens with two attached hydrogens (primary N) is 1. The third-order valence-electron chi connectivity index (χ3n) is 2.87. The number of nitrogens with zero attached hydrogens (tertiary/aromatic N) is 2. The molecule has 0 rings (SSSR count). The van der Waals surface area contributed by atoms with Crippen LogP contribution in [0.4, 0.5) is 0 Å². The lowest BCUT2D eigenvalue weighted by Crippen LogP contribution is -2.39. The normalized spacial score (nSPS) is 14.1. The summed E-state index contributed by atoms with van der Waals surface area (Å²) >= 11 is 0. The summed E-state index contributed by atoms with van der Waals surface area (Å²) in [4.78, 5) is 2.33. The average Bonchev–Trinajstić information content (AvgIpc) is 2.37. The van der Waals surface area contributed by atoms with E-state index in [0.29, 0.717) is 31.5 Å². The maximum absolute atomic E-state index is 8.44. The zero-order chi connectivity index (χ0) is 13.8. The summed E-state index contributed by atoms with van der Waals surface area (Å²) in [6, 6.07) is 0.369. The van der Waals surface area contributed by atoms with Gasteiger partial charge in [-0.15, -0.1) is 0 Å². The van der Waals surface area contributed by atoms with Crippen LogP contribution in [0.3, 0.4) is 0 Å². The molecule has 0 saturated heterocycles. The molecule has 0 aliphatic carbocycles. The number of rotatable bonds is 11. The molecule has 6 nitrogen and oxygen atoms in total. The van der Waals surface area contributed by atoms with Crippen molar-refractivity contribution in [3.05, 3.63) is 0 Å². The maximum Gasteiger partial charge on any atom is 0.139 e. The highest BCUT2D eigenvalue weighted by Crippen LogP contribution is 2.04. The summed E-state index contributed by atoms with van der Waals surface area (Å²) in [5.74, 6) is 0.295. The van der Waals surface area contributed by atoms with Gasteiger partial charge in [0, 0.05) is 33.2 Å². The first-order valence-electron chi connectivity index (χ1n) is 6.34. The van der Waals surface area contributed by atoms with Crippen LogP contribution in [0.1, 0.15) is 26.2 Å². The number of methoxy groups -OCH3 is 2. The summed E-state index contributed by atoms with van der Waals surface area (Å²) in [7, 11) is 3.42. The van der Waals surface area contributed by atoms with Crippen molar-refractivity contribution >= 4 is 5.84 Å². The van der Waals surface area contributed by atoms with Gasteiger partial charge in [0.1, 0.15) is 5.84 Å². The van der Waals surface area contributed by atoms with Crippen LogP contribution in [0.5, 0.6) is 0 Å². The van der Waals surface area contributed by atoms with Crippen LogP contribution in [-0.4, -0.2) is 62.5 Å². The molecule has 0 heterocycles. The van der Waals surface area contributed by atoms with Gasteiger partial charge in [0.25, 0.3) is 0 Å². The summed E-state index contributed by atoms with van der Waals surface area (Å²) in [6.45, 7) is 5.43. The molecule has 0 fully saturated rings. The molecule has 108 valence electrons. The topological polar surface area (TPSA) is 80.3 Å². The Labute approximate surface area is 110 Å². The van der Waals surface area contributed by atoms with Gasteiger partial charge in [-0.3, -0.25) is 4.90 Å². The average molecular weight is 261 g/mol. The van der Waals surface area contributed by atoms with Crippen molar-refractivity contribution in [1.29, 1.82) is 0 Å². The molecule has 0 aromatic carbocycles. The van der Waals surface area contributed by atoms with Gasteiger partial charge in [-0.1, -0.05) is 5.16 Å². The first-order valence-corrected chi connectivity index (χ1v) is 6.34. The second kappa shape index (κ2) is 11.3. The van der Waals surface area contributed by atoms with Crippen LogP contribution in [0.2, 0.25) is 0 Å². The molecule has 0 aliphatic rings. The van der Waals surface area contributed by atoms with E-state index in [1.54, 1.807) is 14.2 Å². The number of ether oxygens (including phenoxy) is 2. The van der Waals surface area contributed by atoms with Gasteiger partial charge in [-0.25, -0.2) is 0 Å². The molecule has 0 amide bonds. The lowest BCUT2D eigenvalue weighted by molar-refractivity contribution is 0.0741. The minimum atomic E-state index is 0.295. The van der Waals surface area contributed by atoms with Gasteiger partial charge in [0.05, 0.1) is 13.2 Å². The van der Waals surface area contributed by atoms with Crippen molar-refractivity contribution < 1.29 is 14.7 Å². The molecular formula is C12H27N3O3. The van der Waals surface area contributed by atoms with E-state index in [-0.39, 0.29) is 0 Å². The van der Waals surface area contributed by atoms with E-state index in [2.05, 4.69) is 17.0 Å². The fourth-order valence-corrected chi connectivity index (χ4v) is 1.78. The molecule has 18 heavy (non-hydrogen) atoms. The molecule has 0 aromatic heterocycles. The number of hydrogen-bond donors (Lipinski definition) is 2. The van der Waals surface area contributed by atoms with Gasteiger partial charge in [-0.05, 0) is 26.3 Å². The molecule has 0 saturated carbocycles. The zero-order valence-corrected chi connectivity index (χ0v) is 11.8. The highest BCUT2D eigenvalue weighted by atomic mass is 16.5. The van der Waals surface area contributed by atoms with E-state index < -0.39 is 0 Å². The highest BCUT2D eigenvalue weighted by Gasteiger charge is 2.12.